The molecule has 0 unspecified atom stereocenters. The van der Waals surface area contributed by atoms with Crippen LogP contribution in [0.5, 0.6) is 0 Å². The van der Waals surface area contributed by atoms with E-state index < -0.39 is 0 Å². The van der Waals surface area contributed by atoms with E-state index in [0.29, 0.717) is 5.16 Å². The van der Waals surface area contributed by atoms with Gasteiger partial charge in [0.15, 0.2) is 0 Å². The molecule has 1 aromatic heterocycles. The largest absolute Gasteiger partial charge is 0.392 e. The second kappa shape index (κ2) is 6.63. The topological polar surface area (TPSA) is 58.9 Å². The zero-order chi connectivity index (χ0) is 13.7. The molecule has 100 valence electrons. The van der Waals surface area contributed by atoms with Crippen LogP contribution in [0.3, 0.4) is 0 Å². The highest BCUT2D eigenvalue weighted by molar-refractivity contribution is 7.99. The van der Waals surface area contributed by atoms with Crippen LogP contribution in [-0.4, -0.2) is 20.3 Å². The summed E-state index contributed by atoms with van der Waals surface area (Å²) in [5.41, 5.74) is 2.90. The number of hydrogen-bond donors (Lipinski definition) is 1. The lowest BCUT2D eigenvalue weighted by Gasteiger charge is -2.05. The highest BCUT2D eigenvalue weighted by atomic mass is 32.2. The van der Waals surface area contributed by atoms with Crippen molar-refractivity contribution in [2.45, 2.75) is 43.3 Å². The average molecular weight is 275 g/mol. The number of hydrogen-bond acceptors (Lipinski definition) is 5. The van der Waals surface area contributed by atoms with Crippen LogP contribution in [0.2, 0.25) is 0 Å². The first kappa shape index (κ1) is 14.0. The summed E-state index contributed by atoms with van der Waals surface area (Å²) in [5, 5.41) is 18.0. The third kappa shape index (κ3) is 3.52. The second-order valence-corrected chi connectivity index (χ2v) is 5.14. The minimum Gasteiger partial charge on any atom is -0.392 e. The minimum atomic E-state index is 0.0637. The number of benzene rings is 1. The van der Waals surface area contributed by atoms with Crippen LogP contribution in [0.25, 0.3) is 0 Å². The molecule has 1 aromatic carbocycles. The number of aromatic nitrogens is 3. The second-order valence-electron chi connectivity index (χ2n) is 4.10. The van der Waals surface area contributed by atoms with Crippen molar-refractivity contribution in [3.63, 3.8) is 0 Å². The molecule has 0 aliphatic heterocycles. The number of aryl methyl sites for hydroxylation is 2. The van der Waals surface area contributed by atoms with Crippen LogP contribution in [0.4, 0.5) is 0 Å². The van der Waals surface area contributed by atoms with Gasteiger partial charge in [-0.3, -0.25) is 0 Å². The molecule has 0 fully saturated rings. The Morgan fingerprint density at radius 3 is 2.26 bits per heavy atom. The first-order valence-electron chi connectivity index (χ1n) is 6.37. The molecule has 4 nitrogen and oxygen atoms in total. The molecule has 0 spiro atoms. The SMILES string of the molecule is CCc1nnc(Sc2ccc(CO)cc2)nc1CC. The van der Waals surface area contributed by atoms with E-state index in [1.165, 1.54) is 11.8 Å². The van der Waals surface area contributed by atoms with Gasteiger partial charge in [-0.05, 0) is 42.3 Å². The molecule has 0 aliphatic rings. The van der Waals surface area contributed by atoms with Crippen molar-refractivity contribution in [1.29, 1.82) is 0 Å². The Labute approximate surface area is 117 Å². The Balaban J connectivity index is 2.18. The monoisotopic (exact) mass is 275 g/mol. The van der Waals surface area contributed by atoms with Gasteiger partial charge in [0, 0.05) is 4.90 Å². The molecule has 0 saturated carbocycles. The van der Waals surface area contributed by atoms with Crippen molar-refractivity contribution in [3.8, 4) is 0 Å². The van der Waals surface area contributed by atoms with Gasteiger partial charge in [-0.2, -0.15) is 5.10 Å². The molecule has 0 aliphatic carbocycles. The lowest BCUT2D eigenvalue weighted by atomic mass is 10.2. The smallest absolute Gasteiger partial charge is 0.214 e. The molecular weight excluding hydrogens is 258 g/mol. The van der Waals surface area contributed by atoms with Crippen LogP contribution in [0, 0.1) is 0 Å². The summed E-state index contributed by atoms with van der Waals surface area (Å²) in [6.07, 6.45) is 1.73. The zero-order valence-corrected chi connectivity index (χ0v) is 11.9. The van der Waals surface area contributed by atoms with Gasteiger partial charge in [-0.15, -0.1) is 5.10 Å². The van der Waals surface area contributed by atoms with E-state index in [4.69, 9.17) is 5.11 Å². The summed E-state index contributed by atoms with van der Waals surface area (Å²) in [5.74, 6) is 0. The highest BCUT2D eigenvalue weighted by Gasteiger charge is 2.07. The Morgan fingerprint density at radius 2 is 1.68 bits per heavy atom. The summed E-state index contributed by atoms with van der Waals surface area (Å²) in [6, 6.07) is 7.71. The fourth-order valence-corrected chi connectivity index (χ4v) is 2.45. The van der Waals surface area contributed by atoms with Crippen molar-refractivity contribution in [2.24, 2.45) is 0 Å². The van der Waals surface area contributed by atoms with Crippen LogP contribution in [0.1, 0.15) is 30.8 Å². The van der Waals surface area contributed by atoms with Crippen LogP contribution >= 0.6 is 11.8 Å². The van der Waals surface area contributed by atoms with Crippen LogP contribution in [-0.2, 0) is 19.4 Å². The van der Waals surface area contributed by atoms with Gasteiger partial charge in [0.25, 0.3) is 0 Å². The highest BCUT2D eigenvalue weighted by Crippen LogP contribution is 2.25. The maximum atomic E-state index is 9.00. The van der Waals surface area contributed by atoms with Gasteiger partial charge in [0.1, 0.15) is 0 Å². The molecule has 0 amide bonds. The van der Waals surface area contributed by atoms with Gasteiger partial charge in [0.2, 0.25) is 5.16 Å². The molecule has 5 heteroatoms. The standard InChI is InChI=1S/C14H17N3OS/c1-3-12-13(4-2)16-17-14(15-12)19-11-7-5-10(9-18)6-8-11/h5-8,18H,3-4,9H2,1-2H3. The maximum absolute atomic E-state index is 9.00. The van der Waals surface area contributed by atoms with Crippen molar-refractivity contribution in [3.05, 3.63) is 41.2 Å². The molecule has 0 saturated heterocycles. The molecular formula is C14H17N3OS. The fourth-order valence-electron chi connectivity index (χ4n) is 1.73. The van der Waals surface area contributed by atoms with Gasteiger partial charge < -0.3 is 5.11 Å². The summed E-state index contributed by atoms with van der Waals surface area (Å²) >= 11 is 1.49. The molecule has 19 heavy (non-hydrogen) atoms. The first-order valence-corrected chi connectivity index (χ1v) is 7.18. The summed E-state index contributed by atoms with van der Waals surface area (Å²) in [4.78, 5) is 5.59. The van der Waals surface area contributed by atoms with E-state index in [0.717, 1.165) is 34.7 Å². The van der Waals surface area contributed by atoms with Crippen LogP contribution in [0.15, 0.2) is 34.3 Å². The number of aliphatic hydroxyl groups excluding tert-OH is 1. The molecule has 0 bridgehead atoms. The van der Waals surface area contributed by atoms with E-state index in [1.807, 2.05) is 24.3 Å². The average Bonchev–Trinajstić information content (AvgIpc) is 2.48. The molecule has 2 rings (SSSR count). The predicted octanol–water partition coefficient (Wildman–Crippen LogP) is 2.64. The Bertz CT molecular complexity index is 543. The van der Waals surface area contributed by atoms with Gasteiger partial charge in [0.05, 0.1) is 18.0 Å². The Hall–Kier alpha value is -1.46. The fraction of sp³-hybridized carbons (Fsp3) is 0.357. The van der Waals surface area contributed by atoms with Gasteiger partial charge in [-0.1, -0.05) is 26.0 Å². The third-order valence-electron chi connectivity index (χ3n) is 2.80. The maximum Gasteiger partial charge on any atom is 0.214 e. The summed E-state index contributed by atoms with van der Waals surface area (Å²) in [7, 11) is 0. The molecule has 0 radical (unpaired) electrons. The van der Waals surface area contributed by atoms with Gasteiger partial charge in [-0.25, -0.2) is 4.98 Å². The normalized spacial score (nSPS) is 10.7. The molecule has 2 aromatic rings. The van der Waals surface area contributed by atoms with E-state index >= 15 is 0 Å². The van der Waals surface area contributed by atoms with Crippen molar-refractivity contribution < 1.29 is 5.11 Å². The number of aliphatic hydroxyl groups is 1. The van der Waals surface area contributed by atoms with Crippen molar-refractivity contribution in [1.82, 2.24) is 15.2 Å². The molecule has 0 atom stereocenters. The zero-order valence-electron chi connectivity index (χ0n) is 11.1. The number of nitrogens with zero attached hydrogens (tertiary/aromatic N) is 3. The summed E-state index contributed by atoms with van der Waals surface area (Å²) < 4.78 is 0. The van der Waals surface area contributed by atoms with Gasteiger partial charge >= 0.3 is 0 Å². The minimum absolute atomic E-state index is 0.0637. The predicted molar refractivity (Wildman–Crippen MR) is 75.1 cm³/mol. The third-order valence-corrected chi connectivity index (χ3v) is 3.67. The van der Waals surface area contributed by atoms with E-state index in [1.54, 1.807) is 0 Å². The van der Waals surface area contributed by atoms with E-state index in [9.17, 15) is 0 Å². The van der Waals surface area contributed by atoms with E-state index in [-0.39, 0.29) is 6.61 Å². The van der Waals surface area contributed by atoms with Crippen molar-refractivity contribution >= 4 is 11.8 Å². The quantitative estimate of drug-likeness (QED) is 0.909. The summed E-state index contributed by atoms with van der Waals surface area (Å²) in [6.45, 7) is 4.20. The van der Waals surface area contributed by atoms with Crippen LogP contribution < -0.4 is 0 Å². The van der Waals surface area contributed by atoms with Crippen molar-refractivity contribution in [2.75, 3.05) is 0 Å². The van der Waals surface area contributed by atoms with E-state index in [2.05, 4.69) is 29.0 Å². The lowest BCUT2D eigenvalue weighted by Crippen LogP contribution is -2.03. The first-order chi connectivity index (χ1) is 9.26. The lowest BCUT2D eigenvalue weighted by molar-refractivity contribution is 0.282. The molecule has 1 heterocycles. The molecule has 1 N–H and O–H groups in total. The number of rotatable bonds is 5. The Morgan fingerprint density at radius 1 is 1.00 bits per heavy atom. The Kier molecular flexibility index (Phi) is 4.87.